The first-order valence-corrected chi connectivity index (χ1v) is 10.4. The molecule has 1 saturated heterocycles. The van der Waals surface area contributed by atoms with Gasteiger partial charge in [-0.15, -0.1) is 0 Å². The number of aryl methyl sites for hydroxylation is 1. The minimum absolute atomic E-state index is 0.0298. The fraction of sp³-hybridized carbons (Fsp3) is 0.458. The lowest BCUT2D eigenvalue weighted by Gasteiger charge is -2.39. The SMILES string of the molecule is CCOc1ccc(C(=O)NCC2CCCN(C)C2c2ccc(OC)cc2)cc1C. The number of piperidine rings is 1. The van der Waals surface area contributed by atoms with E-state index in [0.29, 0.717) is 24.6 Å². The summed E-state index contributed by atoms with van der Waals surface area (Å²) in [5.74, 6) is 2.04. The number of nitrogens with one attached hydrogen (secondary N) is 1. The Kier molecular flexibility index (Phi) is 7.15. The van der Waals surface area contributed by atoms with Crippen molar-refractivity contribution < 1.29 is 14.3 Å². The van der Waals surface area contributed by atoms with Crippen LogP contribution in [0.5, 0.6) is 11.5 Å². The average Bonchev–Trinajstić information content (AvgIpc) is 2.73. The van der Waals surface area contributed by atoms with E-state index < -0.39 is 0 Å². The van der Waals surface area contributed by atoms with Gasteiger partial charge in [-0.25, -0.2) is 0 Å². The van der Waals surface area contributed by atoms with Crippen molar-refractivity contribution in [1.82, 2.24) is 10.2 Å². The Balaban J connectivity index is 1.68. The number of hydrogen-bond acceptors (Lipinski definition) is 4. The summed E-state index contributed by atoms with van der Waals surface area (Å²) in [6.45, 7) is 6.28. The van der Waals surface area contributed by atoms with Gasteiger partial charge in [0.25, 0.3) is 5.91 Å². The molecule has 29 heavy (non-hydrogen) atoms. The van der Waals surface area contributed by atoms with Gasteiger partial charge in [-0.1, -0.05) is 12.1 Å². The molecule has 0 saturated carbocycles. The highest BCUT2D eigenvalue weighted by atomic mass is 16.5. The summed E-state index contributed by atoms with van der Waals surface area (Å²) in [6.07, 6.45) is 2.25. The molecule has 156 valence electrons. The molecule has 1 N–H and O–H groups in total. The van der Waals surface area contributed by atoms with Gasteiger partial charge in [0.05, 0.1) is 13.7 Å². The number of hydrogen-bond donors (Lipinski definition) is 1. The summed E-state index contributed by atoms with van der Waals surface area (Å²) < 4.78 is 10.9. The molecule has 5 heteroatoms. The molecule has 2 atom stereocenters. The fourth-order valence-corrected chi connectivity index (χ4v) is 4.24. The van der Waals surface area contributed by atoms with Crippen molar-refractivity contribution in [3.63, 3.8) is 0 Å². The number of rotatable bonds is 7. The molecular weight excluding hydrogens is 364 g/mol. The minimum Gasteiger partial charge on any atom is -0.497 e. The Morgan fingerprint density at radius 2 is 1.97 bits per heavy atom. The Bertz CT molecular complexity index is 819. The number of carbonyl (C=O) groups is 1. The second kappa shape index (κ2) is 9.79. The zero-order chi connectivity index (χ0) is 20.8. The van der Waals surface area contributed by atoms with E-state index in [1.165, 1.54) is 5.56 Å². The van der Waals surface area contributed by atoms with Crippen LogP contribution >= 0.6 is 0 Å². The summed E-state index contributed by atoms with van der Waals surface area (Å²) in [5.41, 5.74) is 2.92. The zero-order valence-corrected chi connectivity index (χ0v) is 17.9. The van der Waals surface area contributed by atoms with Gasteiger partial charge in [0.2, 0.25) is 0 Å². The maximum Gasteiger partial charge on any atom is 0.251 e. The minimum atomic E-state index is -0.0298. The summed E-state index contributed by atoms with van der Waals surface area (Å²) in [6, 6.07) is 14.2. The first-order valence-electron chi connectivity index (χ1n) is 10.4. The molecule has 1 heterocycles. The van der Waals surface area contributed by atoms with Crippen LogP contribution in [0.1, 0.15) is 47.3 Å². The van der Waals surface area contributed by atoms with E-state index in [1.807, 2.05) is 44.2 Å². The Labute approximate surface area is 174 Å². The third-order valence-corrected chi connectivity index (χ3v) is 5.73. The smallest absolute Gasteiger partial charge is 0.251 e. The summed E-state index contributed by atoms with van der Waals surface area (Å²) in [4.78, 5) is 15.1. The molecule has 1 aliphatic heterocycles. The third-order valence-electron chi connectivity index (χ3n) is 5.73. The molecule has 0 aromatic heterocycles. The number of nitrogens with zero attached hydrogens (tertiary/aromatic N) is 1. The molecule has 5 nitrogen and oxygen atoms in total. The normalized spacial score (nSPS) is 19.6. The van der Waals surface area contributed by atoms with Crippen LogP contribution in [-0.4, -0.2) is 44.7 Å². The van der Waals surface area contributed by atoms with Crippen LogP contribution in [0.15, 0.2) is 42.5 Å². The number of methoxy groups -OCH3 is 1. The predicted octanol–water partition coefficient (Wildman–Crippen LogP) is 4.22. The molecule has 1 aliphatic rings. The molecule has 3 rings (SSSR count). The maximum atomic E-state index is 12.7. The lowest BCUT2D eigenvalue weighted by Crippen LogP contribution is -2.41. The number of likely N-dealkylation sites (tertiary alicyclic amines) is 1. The van der Waals surface area contributed by atoms with Crippen LogP contribution in [0.25, 0.3) is 0 Å². The van der Waals surface area contributed by atoms with Gasteiger partial charge < -0.3 is 14.8 Å². The number of carbonyl (C=O) groups excluding carboxylic acids is 1. The Morgan fingerprint density at radius 3 is 2.62 bits per heavy atom. The number of amides is 1. The monoisotopic (exact) mass is 396 g/mol. The lowest BCUT2D eigenvalue weighted by molar-refractivity contribution is 0.0891. The number of benzene rings is 2. The zero-order valence-electron chi connectivity index (χ0n) is 17.9. The van der Waals surface area contributed by atoms with Crippen molar-refractivity contribution in [3.05, 3.63) is 59.2 Å². The second-order valence-corrected chi connectivity index (χ2v) is 7.72. The van der Waals surface area contributed by atoms with Gasteiger partial charge >= 0.3 is 0 Å². The largest absolute Gasteiger partial charge is 0.497 e. The Morgan fingerprint density at radius 1 is 1.21 bits per heavy atom. The van der Waals surface area contributed by atoms with Crippen LogP contribution in [0.3, 0.4) is 0 Å². The van der Waals surface area contributed by atoms with Gasteiger partial charge in [-0.3, -0.25) is 9.69 Å². The summed E-state index contributed by atoms with van der Waals surface area (Å²) in [5, 5.41) is 3.16. The molecule has 2 aromatic carbocycles. The molecular formula is C24H32N2O3. The second-order valence-electron chi connectivity index (χ2n) is 7.72. The van der Waals surface area contributed by atoms with Crippen LogP contribution in [0.2, 0.25) is 0 Å². The molecule has 0 radical (unpaired) electrons. The van der Waals surface area contributed by atoms with E-state index in [0.717, 1.165) is 36.4 Å². The average molecular weight is 397 g/mol. The topological polar surface area (TPSA) is 50.8 Å². The lowest BCUT2D eigenvalue weighted by atomic mass is 9.85. The van der Waals surface area contributed by atoms with Crippen molar-refractivity contribution in [2.75, 3.05) is 33.9 Å². The van der Waals surface area contributed by atoms with E-state index >= 15 is 0 Å². The van der Waals surface area contributed by atoms with E-state index in [2.05, 4.69) is 29.4 Å². The first-order chi connectivity index (χ1) is 14.0. The van der Waals surface area contributed by atoms with Gasteiger partial charge in [-0.2, -0.15) is 0 Å². The molecule has 2 unspecified atom stereocenters. The van der Waals surface area contributed by atoms with Gasteiger partial charge in [0.1, 0.15) is 11.5 Å². The van der Waals surface area contributed by atoms with Crippen LogP contribution in [0.4, 0.5) is 0 Å². The van der Waals surface area contributed by atoms with Gasteiger partial charge in [-0.05, 0) is 87.7 Å². The molecule has 0 spiro atoms. The molecule has 2 aromatic rings. The molecule has 0 bridgehead atoms. The predicted molar refractivity (Wildman–Crippen MR) is 116 cm³/mol. The third kappa shape index (κ3) is 5.10. The van der Waals surface area contributed by atoms with E-state index in [1.54, 1.807) is 7.11 Å². The first kappa shape index (κ1) is 21.2. The van der Waals surface area contributed by atoms with E-state index in [-0.39, 0.29) is 11.9 Å². The molecule has 0 aliphatic carbocycles. The highest BCUT2D eigenvalue weighted by Gasteiger charge is 2.30. The quantitative estimate of drug-likeness (QED) is 0.762. The van der Waals surface area contributed by atoms with Crippen LogP contribution in [-0.2, 0) is 0 Å². The van der Waals surface area contributed by atoms with Gasteiger partial charge in [0.15, 0.2) is 0 Å². The van der Waals surface area contributed by atoms with Crippen molar-refractivity contribution in [2.24, 2.45) is 5.92 Å². The van der Waals surface area contributed by atoms with E-state index in [9.17, 15) is 4.79 Å². The van der Waals surface area contributed by atoms with Crippen LogP contribution in [0, 0.1) is 12.8 Å². The number of ether oxygens (including phenoxy) is 2. The standard InChI is InChI=1S/C24H32N2O3/c1-5-29-22-13-10-19(15-17(22)2)24(27)25-16-20-7-6-14-26(3)23(20)18-8-11-21(28-4)12-9-18/h8-13,15,20,23H,5-7,14,16H2,1-4H3,(H,25,27). The van der Waals surface area contributed by atoms with Crippen molar-refractivity contribution >= 4 is 5.91 Å². The summed E-state index contributed by atoms with van der Waals surface area (Å²) >= 11 is 0. The van der Waals surface area contributed by atoms with Gasteiger partial charge in [0, 0.05) is 18.2 Å². The molecule has 1 fully saturated rings. The van der Waals surface area contributed by atoms with Crippen molar-refractivity contribution in [1.29, 1.82) is 0 Å². The van der Waals surface area contributed by atoms with E-state index in [4.69, 9.17) is 9.47 Å². The van der Waals surface area contributed by atoms with Crippen LogP contribution < -0.4 is 14.8 Å². The molecule has 1 amide bonds. The summed E-state index contributed by atoms with van der Waals surface area (Å²) in [7, 11) is 3.85. The maximum absolute atomic E-state index is 12.7. The van der Waals surface area contributed by atoms with Crippen molar-refractivity contribution in [3.8, 4) is 11.5 Å². The highest BCUT2D eigenvalue weighted by molar-refractivity contribution is 5.94. The fourth-order valence-electron chi connectivity index (χ4n) is 4.24. The highest BCUT2D eigenvalue weighted by Crippen LogP contribution is 2.35. The Hall–Kier alpha value is -2.53. The van der Waals surface area contributed by atoms with Crippen molar-refractivity contribution in [2.45, 2.75) is 32.7 Å².